The van der Waals surface area contributed by atoms with Crippen molar-refractivity contribution in [2.45, 2.75) is 18.6 Å². The molecular formula is C15H27N5O3S. The van der Waals surface area contributed by atoms with Gasteiger partial charge in [0.25, 0.3) is 0 Å². The van der Waals surface area contributed by atoms with Crippen molar-refractivity contribution in [2.24, 2.45) is 0 Å². The maximum Gasteiger partial charge on any atom is 0.149 e. The lowest BCUT2D eigenvalue weighted by molar-refractivity contribution is 0.191. The van der Waals surface area contributed by atoms with Crippen molar-refractivity contribution in [1.82, 2.24) is 14.9 Å². The molecule has 0 amide bonds. The molecule has 0 unspecified atom stereocenters. The average molecular weight is 357 g/mol. The molecule has 0 aromatic carbocycles. The summed E-state index contributed by atoms with van der Waals surface area (Å²) in [5.74, 6) is 1.51. The van der Waals surface area contributed by atoms with Gasteiger partial charge in [0.1, 0.15) is 27.8 Å². The van der Waals surface area contributed by atoms with Gasteiger partial charge in [0, 0.05) is 45.0 Å². The number of hydrogen-bond donors (Lipinski definition) is 1. The van der Waals surface area contributed by atoms with Gasteiger partial charge >= 0.3 is 0 Å². The molecule has 136 valence electrons. The Morgan fingerprint density at radius 3 is 2.67 bits per heavy atom. The normalized spacial score (nSPS) is 21.5. The van der Waals surface area contributed by atoms with E-state index in [1.807, 2.05) is 27.2 Å². The van der Waals surface area contributed by atoms with Crippen molar-refractivity contribution in [3.63, 3.8) is 0 Å². The fourth-order valence-corrected chi connectivity index (χ4v) is 3.49. The third kappa shape index (κ3) is 5.29. The van der Waals surface area contributed by atoms with Gasteiger partial charge < -0.3 is 19.8 Å². The van der Waals surface area contributed by atoms with Crippen molar-refractivity contribution < 1.29 is 13.5 Å². The van der Waals surface area contributed by atoms with E-state index in [1.165, 1.54) is 12.6 Å². The van der Waals surface area contributed by atoms with Gasteiger partial charge in [-0.15, -0.1) is 0 Å². The zero-order chi connectivity index (χ0) is 17.9. The zero-order valence-electron chi connectivity index (χ0n) is 14.8. The van der Waals surface area contributed by atoms with Crippen LogP contribution in [0.3, 0.4) is 0 Å². The Morgan fingerprint density at radius 1 is 1.33 bits per heavy atom. The van der Waals surface area contributed by atoms with Gasteiger partial charge in [-0.05, 0) is 20.5 Å². The maximum atomic E-state index is 11.3. The summed E-state index contributed by atoms with van der Waals surface area (Å²) in [5.41, 5.74) is 0. The van der Waals surface area contributed by atoms with Crippen LogP contribution in [0.2, 0.25) is 0 Å². The minimum atomic E-state index is -3.02. The predicted octanol–water partition coefficient (Wildman–Crippen LogP) is -0.541. The molecule has 9 heteroatoms. The van der Waals surface area contributed by atoms with Crippen molar-refractivity contribution in [3.05, 3.63) is 12.4 Å². The molecular weight excluding hydrogens is 330 g/mol. The maximum absolute atomic E-state index is 11.3. The molecule has 0 saturated carbocycles. The molecule has 0 aliphatic carbocycles. The molecule has 0 radical (unpaired) electrons. The van der Waals surface area contributed by atoms with E-state index in [0.717, 1.165) is 12.4 Å². The Balaban J connectivity index is 2.13. The van der Waals surface area contributed by atoms with Crippen LogP contribution in [0.25, 0.3) is 0 Å². The van der Waals surface area contributed by atoms with E-state index in [2.05, 4.69) is 19.8 Å². The van der Waals surface area contributed by atoms with Crippen LogP contribution < -0.4 is 9.80 Å². The first-order valence-electron chi connectivity index (χ1n) is 7.96. The van der Waals surface area contributed by atoms with Gasteiger partial charge in [-0.1, -0.05) is 0 Å². The number of sulfone groups is 1. The third-order valence-electron chi connectivity index (χ3n) is 4.09. The van der Waals surface area contributed by atoms with Crippen molar-refractivity contribution in [3.8, 4) is 0 Å². The number of aliphatic hydroxyl groups is 1. The lowest BCUT2D eigenvalue weighted by Crippen LogP contribution is -2.38. The third-order valence-corrected chi connectivity index (χ3v) is 5.01. The van der Waals surface area contributed by atoms with E-state index in [9.17, 15) is 13.5 Å². The standard InChI is InChI=1S/C15H27N5O3S/c1-18(2)9-12-7-13(21)10-20(12)15-8-14(16-11-17-15)19(3)5-6-24(4,22)23/h8,11-13,21H,5-7,9-10H2,1-4H3/t12-,13-/m1/s1. The Kier molecular flexibility index (Phi) is 6.00. The Labute approximate surface area is 144 Å². The highest BCUT2D eigenvalue weighted by molar-refractivity contribution is 7.90. The molecule has 24 heavy (non-hydrogen) atoms. The number of aromatic nitrogens is 2. The molecule has 1 aromatic heterocycles. The van der Waals surface area contributed by atoms with E-state index >= 15 is 0 Å². The number of anilines is 2. The van der Waals surface area contributed by atoms with Crippen LogP contribution >= 0.6 is 0 Å². The number of hydrogen-bond acceptors (Lipinski definition) is 8. The summed E-state index contributed by atoms with van der Waals surface area (Å²) in [7, 11) is 2.81. The number of β-amino-alcohol motifs (C(OH)–C–C–N with tert-alkyl or cyclic N) is 1. The summed E-state index contributed by atoms with van der Waals surface area (Å²) in [5, 5.41) is 10.0. The van der Waals surface area contributed by atoms with E-state index in [-0.39, 0.29) is 17.9 Å². The van der Waals surface area contributed by atoms with E-state index in [4.69, 9.17) is 0 Å². The smallest absolute Gasteiger partial charge is 0.149 e. The fourth-order valence-electron chi connectivity index (χ4n) is 2.89. The number of nitrogens with zero attached hydrogens (tertiary/aromatic N) is 5. The summed E-state index contributed by atoms with van der Waals surface area (Å²) >= 11 is 0. The zero-order valence-corrected chi connectivity index (χ0v) is 15.6. The van der Waals surface area contributed by atoms with Crippen LogP contribution in [-0.4, -0.2) is 93.3 Å². The van der Waals surface area contributed by atoms with Crippen molar-refractivity contribution in [1.29, 1.82) is 0 Å². The van der Waals surface area contributed by atoms with Gasteiger partial charge in [-0.2, -0.15) is 0 Å². The largest absolute Gasteiger partial charge is 0.391 e. The van der Waals surface area contributed by atoms with Gasteiger partial charge in [0.15, 0.2) is 0 Å². The Morgan fingerprint density at radius 2 is 2.04 bits per heavy atom. The second-order valence-electron chi connectivity index (χ2n) is 6.74. The van der Waals surface area contributed by atoms with Gasteiger partial charge in [0.2, 0.25) is 0 Å². The topological polar surface area (TPSA) is 89.9 Å². The van der Waals surface area contributed by atoms with Crippen molar-refractivity contribution >= 4 is 21.5 Å². The fraction of sp³-hybridized carbons (Fsp3) is 0.733. The number of likely N-dealkylation sites (N-methyl/N-ethyl adjacent to an activating group) is 1. The van der Waals surface area contributed by atoms with Crippen LogP contribution in [0.4, 0.5) is 11.6 Å². The quantitative estimate of drug-likeness (QED) is 0.696. The van der Waals surface area contributed by atoms with Crippen LogP contribution in [0, 0.1) is 0 Å². The minimum absolute atomic E-state index is 0.0779. The second kappa shape index (κ2) is 7.62. The van der Waals surface area contributed by atoms with Crippen molar-refractivity contribution in [2.75, 3.05) is 62.6 Å². The first-order chi connectivity index (χ1) is 11.2. The first kappa shape index (κ1) is 18.9. The molecule has 2 atom stereocenters. The molecule has 2 rings (SSSR count). The molecule has 8 nitrogen and oxygen atoms in total. The van der Waals surface area contributed by atoms with Gasteiger partial charge in [-0.25, -0.2) is 18.4 Å². The van der Waals surface area contributed by atoms with E-state index < -0.39 is 9.84 Å². The highest BCUT2D eigenvalue weighted by atomic mass is 32.2. The highest BCUT2D eigenvalue weighted by Crippen LogP contribution is 2.26. The van der Waals surface area contributed by atoms with Crippen LogP contribution in [0.15, 0.2) is 12.4 Å². The summed E-state index contributed by atoms with van der Waals surface area (Å²) in [4.78, 5) is 14.6. The van der Waals surface area contributed by atoms with Gasteiger partial charge in [-0.3, -0.25) is 0 Å². The second-order valence-corrected chi connectivity index (χ2v) is 9.00. The summed E-state index contributed by atoms with van der Waals surface area (Å²) in [6.07, 6.45) is 3.06. The van der Waals surface area contributed by atoms with Gasteiger partial charge in [0.05, 0.1) is 11.9 Å². The van der Waals surface area contributed by atoms with Crippen LogP contribution in [0.1, 0.15) is 6.42 Å². The Bertz CT molecular complexity index is 652. The first-order valence-corrected chi connectivity index (χ1v) is 10.0. The molecule has 1 fully saturated rings. The predicted molar refractivity (Wildman–Crippen MR) is 95.3 cm³/mol. The molecule has 0 bridgehead atoms. The monoisotopic (exact) mass is 357 g/mol. The summed E-state index contributed by atoms with van der Waals surface area (Å²) < 4.78 is 22.6. The number of aliphatic hydroxyl groups excluding tert-OH is 1. The molecule has 0 spiro atoms. The molecule has 1 N–H and O–H groups in total. The highest BCUT2D eigenvalue weighted by Gasteiger charge is 2.32. The van der Waals surface area contributed by atoms with E-state index in [0.29, 0.717) is 25.3 Å². The molecule has 2 heterocycles. The molecule has 1 aliphatic rings. The molecule has 1 aliphatic heterocycles. The SMILES string of the molecule is CN(C)C[C@H]1C[C@@H](O)CN1c1cc(N(C)CCS(C)(=O)=O)ncn1. The Hall–Kier alpha value is -1.45. The molecule has 1 saturated heterocycles. The minimum Gasteiger partial charge on any atom is -0.391 e. The summed E-state index contributed by atoms with van der Waals surface area (Å²) in [6, 6.07) is 2.04. The van der Waals surface area contributed by atoms with Crippen LogP contribution in [0.5, 0.6) is 0 Å². The average Bonchev–Trinajstić information content (AvgIpc) is 2.84. The van der Waals surface area contributed by atoms with E-state index in [1.54, 1.807) is 4.90 Å². The summed E-state index contributed by atoms with van der Waals surface area (Å²) in [6.45, 7) is 1.75. The lowest BCUT2D eigenvalue weighted by Gasteiger charge is -2.28. The number of rotatable bonds is 7. The molecule has 1 aromatic rings. The van der Waals surface area contributed by atoms with Crippen LogP contribution in [-0.2, 0) is 9.84 Å². The lowest BCUT2D eigenvalue weighted by atomic mass is 10.2.